The topological polar surface area (TPSA) is 178 Å². The van der Waals surface area contributed by atoms with Crippen LogP contribution >= 0.6 is 0 Å². The smallest absolute Gasteiger partial charge is 0.328 e. The molecule has 3 aliphatic rings. The minimum absolute atomic E-state index is 0.0447. The lowest BCUT2D eigenvalue weighted by molar-refractivity contribution is -0.120. The number of imide groups is 1. The molecule has 6 aromatic rings. The molecule has 4 amide bonds. The number of nitrogens with one attached hydrogen (secondary N) is 3. The maximum atomic E-state index is 12.7. The van der Waals surface area contributed by atoms with Gasteiger partial charge in [0.05, 0.1) is 11.4 Å². The van der Waals surface area contributed by atoms with Crippen molar-refractivity contribution in [2.45, 2.75) is 84.6 Å². The van der Waals surface area contributed by atoms with E-state index in [1.807, 2.05) is 65.2 Å². The van der Waals surface area contributed by atoms with E-state index in [-0.39, 0.29) is 23.2 Å². The Morgan fingerprint density at radius 1 is 0.873 bits per heavy atom. The molecule has 0 atom stereocenters. The minimum Gasteiger partial charge on any atom is -0.372 e. The van der Waals surface area contributed by atoms with Crippen molar-refractivity contribution in [2.24, 2.45) is 5.92 Å². The van der Waals surface area contributed by atoms with Gasteiger partial charge in [0.25, 0.3) is 0 Å². The molecular formula is C48H55N11O4. The second-order valence-electron chi connectivity index (χ2n) is 18.4. The van der Waals surface area contributed by atoms with E-state index < -0.39 is 5.91 Å². The summed E-state index contributed by atoms with van der Waals surface area (Å²) in [6, 6.07) is 18.5. The fraction of sp³-hybridized carbons (Fsp3) is 0.417. The zero-order valence-electron chi connectivity index (χ0n) is 36.7. The number of piperidine rings is 2. The van der Waals surface area contributed by atoms with Gasteiger partial charge in [0, 0.05) is 84.8 Å². The Labute approximate surface area is 367 Å². The number of aromatic amines is 1. The van der Waals surface area contributed by atoms with Crippen molar-refractivity contribution in [1.82, 2.24) is 45.8 Å². The van der Waals surface area contributed by atoms with Crippen LogP contribution in [0, 0.1) is 19.8 Å². The van der Waals surface area contributed by atoms with Gasteiger partial charge in [-0.1, -0.05) is 44.1 Å². The van der Waals surface area contributed by atoms with Gasteiger partial charge >= 0.3 is 17.8 Å². The Balaban J connectivity index is 0.762. The second-order valence-corrected chi connectivity index (χ2v) is 18.4. The van der Waals surface area contributed by atoms with Gasteiger partial charge in [-0.2, -0.15) is 10.1 Å². The van der Waals surface area contributed by atoms with Crippen LogP contribution in [-0.2, 0) is 16.8 Å². The normalized spacial score (nSPS) is 17.1. The highest BCUT2D eigenvalue weighted by atomic mass is 16.5. The second kappa shape index (κ2) is 17.4. The molecule has 326 valence electrons. The molecule has 0 saturated carbocycles. The molecule has 9 rings (SSSR count). The number of urea groups is 1. The summed E-state index contributed by atoms with van der Waals surface area (Å²) >= 11 is 0. The molecule has 15 heteroatoms. The first-order chi connectivity index (χ1) is 30.4. The molecule has 4 aromatic heterocycles. The number of pyridine rings is 2. The molecule has 7 heterocycles. The molecule has 63 heavy (non-hydrogen) atoms. The van der Waals surface area contributed by atoms with Crippen molar-refractivity contribution in [2.75, 3.05) is 49.1 Å². The van der Waals surface area contributed by atoms with E-state index in [1.165, 1.54) is 24.1 Å². The summed E-state index contributed by atoms with van der Waals surface area (Å²) in [7, 11) is 0. The first-order valence-corrected chi connectivity index (χ1v) is 22.1. The fourth-order valence-electron chi connectivity index (χ4n) is 9.12. The zero-order valence-corrected chi connectivity index (χ0v) is 36.7. The summed E-state index contributed by atoms with van der Waals surface area (Å²) in [6.07, 6.45) is 8.79. The number of hydrogen-bond donors (Lipinski definition) is 3. The van der Waals surface area contributed by atoms with E-state index in [0.717, 1.165) is 95.8 Å². The number of carbonyl (C=O) groups is 3. The lowest BCUT2D eigenvalue weighted by Crippen LogP contribution is -2.49. The van der Waals surface area contributed by atoms with E-state index in [4.69, 9.17) is 9.51 Å². The van der Waals surface area contributed by atoms with Crippen molar-refractivity contribution in [3.63, 3.8) is 0 Å². The van der Waals surface area contributed by atoms with Crippen molar-refractivity contribution >= 4 is 40.3 Å². The van der Waals surface area contributed by atoms with Gasteiger partial charge in [0.1, 0.15) is 0 Å². The minimum atomic E-state index is -0.406. The van der Waals surface area contributed by atoms with Crippen molar-refractivity contribution in [3.05, 3.63) is 101 Å². The number of fused-ring (bicyclic) bond motifs is 1. The number of benzene rings is 2. The molecule has 0 radical (unpaired) electrons. The maximum absolute atomic E-state index is 12.7. The molecule has 2 aromatic carbocycles. The summed E-state index contributed by atoms with van der Waals surface area (Å²) in [5, 5.41) is 17.9. The van der Waals surface area contributed by atoms with Crippen LogP contribution in [0.25, 0.3) is 33.5 Å². The lowest BCUT2D eigenvalue weighted by atomic mass is 9.89. The fourth-order valence-corrected chi connectivity index (χ4v) is 9.12. The number of nitrogens with zero attached hydrogens (tertiary/aromatic N) is 8. The Hall–Kier alpha value is -6.48. The summed E-state index contributed by atoms with van der Waals surface area (Å²) < 4.78 is 5.20. The van der Waals surface area contributed by atoms with Gasteiger partial charge < -0.3 is 19.6 Å². The van der Waals surface area contributed by atoms with Crippen LogP contribution in [0.5, 0.6) is 0 Å². The largest absolute Gasteiger partial charge is 0.372 e. The number of rotatable bonds is 10. The van der Waals surface area contributed by atoms with Crippen molar-refractivity contribution < 1.29 is 18.9 Å². The molecular weight excluding hydrogens is 795 g/mol. The van der Waals surface area contributed by atoms with Crippen LogP contribution in [0.3, 0.4) is 0 Å². The average Bonchev–Trinajstić information content (AvgIpc) is 3.96. The number of aryl methyl sites for hydroxylation is 2. The van der Waals surface area contributed by atoms with Crippen LogP contribution in [0.2, 0.25) is 0 Å². The predicted molar refractivity (Wildman–Crippen MR) is 241 cm³/mol. The lowest BCUT2D eigenvalue weighted by Gasteiger charge is -2.38. The van der Waals surface area contributed by atoms with Crippen molar-refractivity contribution in [3.8, 4) is 22.5 Å². The monoisotopic (exact) mass is 849 g/mol. The molecule has 0 spiro atoms. The molecule has 3 aliphatic heterocycles. The molecule has 3 fully saturated rings. The first-order valence-electron chi connectivity index (χ1n) is 22.1. The van der Waals surface area contributed by atoms with E-state index in [9.17, 15) is 14.4 Å². The first kappa shape index (κ1) is 41.9. The van der Waals surface area contributed by atoms with E-state index in [1.54, 1.807) is 4.90 Å². The van der Waals surface area contributed by atoms with Gasteiger partial charge in [-0.3, -0.25) is 29.9 Å². The number of H-pyrrole nitrogens is 1. The van der Waals surface area contributed by atoms with Gasteiger partial charge in [0.2, 0.25) is 5.91 Å². The highest BCUT2D eigenvalue weighted by molar-refractivity contribution is 6.06. The maximum Gasteiger partial charge on any atom is 0.328 e. The summed E-state index contributed by atoms with van der Waals surface area (Å²) in [6.45, 7) is 16.1. The summed E-state index contributed by atoms with van der Waals surface area (Å²) in [5.41, 5.74) is 10.4. The Morgan fingerprint density at radius 2 is 1.68 bits per heavy atom. The van der Waals surface area contributed by atoms with Gasteiger partial charge in [-0.15, -0.1) is 0 Å². The number of likely N-dealkylation sites (tertiary alicyclic amines) is 1. The van der Waals surface area contributed by atoms with Crippen LogP contribution in [0.15, 0.2) is 71.5 Å². The number of aromatic nitrogens is 6. The van der Waals surface area contributed by atoms with Crippen LogP contribution in [-0.4, -0.2) is 92.3 Å². The Morgan fingerprint density at radius 3 is 2.38 bits per heavy atom. The van der Waals surface area contributed by atoms with Gasteiger partial charge in [0.15, 0.2) is 11.5 Å². The number of hydrogen-bond acceptors (Lipinski definition) is 11. The van der Waals surface area contributed by atoms with E-state index in [0.29, 0.717) is 42.8 Å². The SMILES string of the molecule is Cc1cc(-c2[nH]nc3ncc(-c4ccc(C5CCN(CC6CCN(c7ccc(N8CCC(=O)NC8=O)c(C)c7)CC6)CC5)cn4)cc23)ccc1CNC(=O)c1nc(C(C)(C)C)no1. The van der Waals surface area contributed by atoms with Crippen molar-refractivity contribution in [1.29, 1.82) is 0 Å². The van der Waals surface area contributed by atoms with E-state index >= 15 is 0 Å². The van der Waals surface area contributed by atoms with Crippen LogP contribution < -0.4 is 20.4 Å². The third-order valence-corrected chi connectivity index (χ3v) is 12.9. The molecule has 0 aliphatic carbocycles. The summed E-state index contributed by atoms with van der Waals surface area (Å²) in [4.78, 5) is 57.4. The Bertz CT molecular complexity index is 2650. The number of anilines is 2. The highest BCUT2D eigenvalue weighted by Gasteiger charge is 2.29. The van der Waals surface area contributed by atoms with Gasteiger partial charge in [-0.05, 0) is 123 Å². The van der Waals surface area contributed by atoms with E-state index in [2.05, 4.69) is 82.2 Å². The highest BCUT2D eigenvalue weighted by Crippen LogP contribution is 2.34. The van der Waals surface area contributed by atoms with Crippen LogP contribution in [0.1, 0.15) is 97.6 Å². The third-order valence-electron chi connectivity index (χ3n) is 12.9. The quantitative estimate of drug-likeness (QED) is 0.125. The third kappa shape index (κ3) is 9.06. The molecule has 3 N–H and O–H groups in total. The predicted octanol–water partition coefficient (Wildman–Crippen LogP) is 7.46. The molecule has 0 unspecified atom stereocenters. The Kier molecular flexibility index (Phi) is 11.5. The molecule has 3 saturated heterocycles. The standard InChI is InChI=1S/C48H55N11O4/c1-29-22-33(6-7-34(29)25-51-44(61)45-53-46(56-63-45)48(3,4)5)42-38-24-36(27-50-43(38)55-54-42)39-10-8-35(26-49-39)32-14-17-57(18-15-32)28-31-12-19-58(20-13-31)37-9-11-40(30(2)23-37)59-21-16-41(60)52-47(59)62/h6-11,22-24,26-27,31-32H,12-21,25,28H2,1-5H3,(H,51,61)(H,50,54,55)(H,52,60,62). The van der Waals surface area contributed by atoms with Crippen LogP contribution in [0.4, 0.5) is 16.2 Å². The summed E-state index contributed by atoms with van der Waals surface area (Å²) in [5.74, 6) is 1.00. The molecule has 0 bridgehead atoms. The molecule has 15 nitrogen and oxygen atoms in total. The number of carbonyl (C=O) groups excluding carboxylic acids is 3. The number of amides is 4. The van der Waals surface area contributed by atoms with Gasteiger partial charge in [-0.25, -0.2) is 9.78 Å². The average molecular weight is 850 g/mol. The zero-order chi connectivity index (χ0) is 43.8.